The lowest BCUT2D eigenvalue weighted by molar-refractivity contribution is -0.423. The average Bonchev–Trinajstić information content (AvgIpc) is 3.07. The third-order valence-corrected chi connectivity index (χ3v) is 5.72. The maximum absolute atomic E-state index is 11.9. The van der Waals surface area contributed by atoms with Crippen molar-refractivity contribution in [3.63, 3.8) is 0 Å². The van der Waals surface area contributed by atoms with Crippen LogP contribution in [-0.4, -0.2) is 37.8 Å². The van der Waals surface area contributed by atoms with Gasteiger partial charge in [-0.25, -0.2) is 9.97 Å². The van der Waals surface area contributed by atoms with Crippen LogP contribution in [0.1, 0.15) is 11.1 Å². The van der Waals surface area contributed by atoms with E-state index in [1.54, 1.807) is 36.7 Å². The van der Waals surface area contributed by atoms with E-state index in [0.29, 0.717) is 42.3 Å². The van der Waals surface area contributed by atoms with Crippen LogP contribution in [0.15, 0.2) is 57.7 Å². The summed E-state index contributed by atoms with van der Waals surface area (Å²) in [6.45, 7) is 1.74. The van der Waals surface area contributed by atoms with Gasteiger partial charge in [-0.1, -0.05) is 70.1 Å². The minimum absolute atomic E-state index is 0.300. The van der Waals surface area contributed by atoms with Gasteiger partial charge in [0.25, 0.3) is 0 Å². The molecule has 0 amide bonds. The molecule has 2 aromatic heterocycles. The van der Waals surface area contributed by atoms with Crippen LogP contribution < -0.4 is 0 Å². The molecule has 0 radical (unpaired) electrons. The summed E-state index contributed by atoms with van der Waals surface area (Å²) in [5, 5.41) is 12.3. The van der Waals surface area contributed by atoms with Crippen LogP contribution in [0.3, 0.4) is 0 Å². The van der Waals surface area contributed by atoms with Crippen molar-refractivity contribution in [2.75, 3.05) is 13.1 Å². The van der Waals surface area contributed by atoms with E-state index in [-0.39, 0.29) is 15.2 Å². The Labute approximate surface area is 197 Å². The molecule has 0 N–H and O–H groups in total. The summed E-state index contributed by atoms with van der Waals surface area (Å²) in [4.78, 5) is 23.1. The standard InChI is InChI=1S/C18H14Cl5N5O2/c19-13-3-1-11(7-24-13)9-26-5-6-27(10-12-2-4-14(20)25-8-12)18(26)16(28(29)30)15(21)17(22)23/h1-4,7-8H,5-6,9-10H2. The van der Waals surface area contributed by atoms with Gasteiger partial charge >= 0.3 is 5.70 Å². The molecule has 0 unspecified atom stereocenters. The summed E-state index contributed by atoms with van der Waals surface area (Å²) in [5.74, 6) is 0.300. The van der Waals surface area contributed by atoms with Gasteiger partial charge in [-0.2, -0.15) is 0 Å². The highest BCUT2D eigenvalue weighted by Gasteiger charge is 2.36. The monoisotopic (exact) mass is 507 g/mol. The van der Waals surface area contributed by atoms with Gasteiger partial charge in [0.1, 0.15) is 14.8 Å². The summed E-state index contributed by atoms with van der Waals surface area (Å²) >= 11 is 29.4. The summed E-state index contributed by atoms with van der Waals surface area (Å²) in [6, 6.07) is 6.92. The Morgan fingerprint density at radius 1 is 0.933 bits per heavy atom. The molecule has 1 aliphatic rings. The Morgan fingerprint density at radius 3 is 1.73 bits per heavy atom. The second-order valence-electron chi connectivity index (χ2n) is 6.33. The van der Waals surface area contributed by atoms with Crippen molar-refractivity contribution in [3.8, 4) is 0 Å². The second-order valence-corrected chi connectivity index (χ2v) is 8.43. The topological polar surface area (TPSA) is 75.4 Å². The number of aromatic nitrogens is 2. The Balaban J connectivity index is 2.02. The van der Waals surface area contributed by atoms with E-state index in [9.17, 15) is 10.1 Å². The molecule has 0 atom stereocenters. The fourth-order valence-corrected chi connectivity index (χ4v) is 3.61. The lowest BCUT2D eigenvalue weighted by Gasteiger charge is -2.24. The predicted octanol–water partition coefficient (Wildman–Crippen LogP) is 5.43. The highest BCUT2D eigenvalue weighted by molar-refractivity contribution is 6.59. The molecule has 30 heavy (non-hydrogen) atoms. The Hall–Kier alpha value is -1.77. The van der Waals surface area contributed by atoms with Crippen LogP contribution >= 0.6 is 58.0 Å². The van der Waals surface area contributed by atoms with Gasteiger partial charge in [0.2, 0.25) is 0 Å². The molecule has 3 heterocycles. The number of halogens is 5. The van der Waals surface area contributed by atoms with Crippen molar-refractivity contribution in [1.82, 2.24) is 19.8 Å². The SMILES string of the molecule is O=[N+]([O-])C(C(Cl)=C(Cl)Cl)=C1N(Cc2ccc(Cl)nc2)CCN1Cc1ccc(Cl)nc1. The number of rotatable bonds is 6. The number of nitrogens with zero attached hydrogens (tertiary/aromatic N) is 5. The van der Waals surface area contributed by atoms with E-state index >= 15 is 0 Å². The Bertz CT molecular complexity index is 934. The maximum Gasteiger partial charge on any atom is 0.330 e. The Kier molecular flexibility index (Phi) is 7.65. The molecule has 1 aliphatic heterocycles. The van der Waals surface area contributed by atoms with Gasteiger partial charge in [0.15, 0.2) is 10.9 Å². The third-order valence-electron chi connectivity index (χ3n) is 4.33. The fourth-order valence-electron chi connectivity index (χ4n) is 3.05. The van der Waals surface area contributed by atoms with E-state index in [1.807, 2.05) is 9.80 Å². The summed E-state index contributed by atoms with van der Waals surface area (Å²) in [5.41, 5.74) is 1.27. The van der Waals surface area contributed by atoms with Crippen molar-refractivity contribution in [2.45, 2.75) is 13.1 Å². The zero-order valence-electron chi connectivity index (χ0n) is 15.2. The molecule has 3 rings (SSSR count). The van der Waals surface area contributed by atoms with Gasteiger partial charge in [0, 0.05) is 38.6 Å². The molecule has 0 bridgehead atoms. The van der Waals surface area contributed by atoms with Crippen LogP contribution in [0, 0.1) is 10.1 Å². The highest BCUT2D eigenvalue weighted by atomic mass is 35.5. The zero-order chi connectivity index (χ0) is 21.8. The van der Waals surface area contributed by atoms with Gasteiger partial charge in [-0.05, 0) is 23.3 Å². The lowest BCUT2D eigenvalue weighted by atomic mass is 10.2. The van der Waals surface area contributed by atoms with Crippen molar-refractivity contribution in [2.24, 2.45) is 0 Å². The number of allylic oxidation sites excluding steroid dienone is 1. The molecule has 158 valence electrons. The first-order chi connectivity index (χ1) is 14.3. The molecule has 1 fully saturated rings. The van der Waals surface area contributed by atoms with Gasteiger partial charge < -0.3 is 9.80 Å². The minimum Gasteiger partial charge on any atom is -0.346 e. The van der Waals surface area contributed by atoms with E-state index in [1.165, 1.54) is 0 Å². The number of pyridine rings is 2. The number of hydrogen-bond donors (Lipinski definition) is 0. The van der Waals surface area contributed by atoms with E-state index in [4.69, 9.17) is 58.0 Å². The molecule has 2 aromatic rings. The van der Waals surface area contributed by atoms with Crippen LogP contribution in [0.25, 0.3) is 0 Å². The lowest BCUT2D eigenvalue weighted by Crippen LogP contribution is -2.27. The van der Waals surface area contributed by atoms with Gasteiger partial charge in [-0.15, -0.1) is 0 Å². The molecule has 0 saturated carbocycles. The van der Waals surface area contributed by atoms with E-state index in [2.05, 4.69) is 9.97 Å². The van der Waals surface area contributed by atoms with Crippen LogP contribution in [0.5, 0.6) is 0 Å². The molecule has 1 saturated heterocycles. The van der Waals surface area contributed by atoms with E-state index < -0.39 is 4.92 Å². The smallest absolute Gasteiger partial charge is 0.330 e. The molecule has 0 spiro atoms. The first kappa shape index (κ1) is 22.9. The number of hydrogen-bond acceptors (Lipinski definition) is 6. The quantitative estimate of drug-likeness (QED) is 0.294. The Morgan fingerprint density at radius 2 is 1.40 bits per heavy atom. The van der Waals surface area contributed by atoms with Crippen LogP contribution in [-0.2, 0) is 13.1 Å². The average molecular weight is 510 g/mol. The summed E-state index contributed by atoms with van der Waals surface area (Å²) < 4.78 is -0.385. The normalized spacial score (nSPS) is 13.6. The van der Waals surface area contributed by atoms with Crippen LogP contribution in [0.4, 0.5) is 0 Å². The van der Waals surface area contributed by atoms with Crippen molar-refractivity contribution in [1.29, 1.82) is 0 Å². The molecule has 12 heteroatoms. The zero-order valence-corrected chi connectivity index (χ0v) is 19.0. The molecule has 7 nitrogen and oxygen atoms in total. The molecule has 0 aliphatic carbocycles. The molecular weight excluding hydrogens is 495 g/mol. The van der Waals surface area contributed by atoms with Gasteiger partial charge in [-0.3, -0.25) is 10.1 Å². The molecular formula is C18H14Cl5N5O2. The first-order valence-electron chi connectivity index (χ1n) is 8.57. The minimum atomic E-state index is -0.589. The van der Waals surface area contributed by atoms with Crippen molar-refractivity contribution in [3.05, 3.63) is 89.2 Å². The molecule has 0 aromatic carbocycles. The highest BCUT2D eigenvalue weighted by Crippen LogP contribution is 2.34. The summed E-state index contributed by atoms with van der Waals surface area (Å²) in [6.07, 6.45) is 3.23. The largest absolute Gasteiger partial charge is 0.346 e. The third kappa shape index (κ3) is 5.47. The second kappa shape index (κ2) is 10.0. The van der Waals surface area contributed by atoms with Crippen molar-refractivity contribution < 1.29 is 4.92 Å². The first-order valence-corrected chi connectivity index (χ1v) is 10.5. The van der Waals surface area contributed by atoms with Crippen LogP contribution in [0.2, 0.25) is 10.3 Å². The summed E-state index contributed by atoms with van der Waals surface area (Å²) in [7, 11) is 0. The maximum atomic E-state index is 11.9. The van der Waals surface area contributed by atoms with Gasteiger partial charge in [0.05, 0.1) is 4.92 Å². The number of nitro groups is 1. The predicted molar refractivity (Wildman–Crippen MR) is 118 cm³/mol. The fraction of sp³-hybridized carbons (Fsp3) is 0.222. The van der Waals surface area contributed by atoms with Crippen molar-refractivity contribution >= 4 is 58.0 Å². The van der Waals surface area contributed by atoms with E-state index in [0.717, 1.165) is 11.1 Å².